The van der Waals surface area contributed by atoms with Crippen molar-refractivity contribution in [2.24, 2.45) is 5.16 Å². The van der Waals surface area contributed by atoms with Crippen LogP contribution in [-0.2, 0) is 9.68 Å². The third kappa shape index (κ3) is 8.65. The van der Waals surface area contributed by atoms with Crippen LogP contribution in [0.25, 0.3) is 0 Å². The van der Waals surface area contributed by atoms with Crippen molar-refractivity contribution in [1.29, 1.82) is 0 Å². The van der Waals surface area contributed by atoms with Crippen molar-refractivity contribution in [2.75, 3.05) is 29.7 Å². The fraction of sp³-hybridized carbons (Fsp3) is 0.667. The van der Waals surface area contributed by atoms with Crippen LogP contribution in [0.15, 0.2) is 17.5 Å². The lowest BCUT2D eigenvalue weighted by Gasteiger charge is -1.82. The highest BCUT2D eigenvalue weighted by Crippen LogP contribution is 2.20. The minimum Gasteiger partial charge on any atom is -0.417 e. The van der Waals surface area contributed by atoms with Crippen LogP contribution in [0.1, 0.15) is 6.42 Å². The Hall–Kier alpha value is -0.330. The van der Waals surface area contributed by atoms with E-state index >= 15 is 0 Å². The SMILES string of the molecule is C1=CONC1.C1=NOCC1.C1CSCS1. The summed E-state index contributed by atoms with van der Waals surface area (Å²) < 4.78 is 0. The van der Waals surface area contributed by atoms with Gasteiger partial charge in [-0.1, -0.05) is 5.16 Å². The minimum absolute atomic E-state index is 0.778. The lowest BCUT2D eigenvalue weighted by Crippen LogP contribution is -2.02. The predicted octanol–water partition coefficient (Wildman–Crippen LogP) is 1.85. The monoisotopic (exact) mass is 248 g/mol. The fourth-order valence-corrected chi connectivity index (χ4v) is 3.16. The molecule has 86 valence electrons. The van der Waals surface area contributed by atoms with Crippen LogP contribution in [-0.4, -0.2) is 36.0 Å². The predicted molar refractivity (Wildman–Crippen MR) is 67.1 cm³/mol. The van der Waals surface area contributed by atoms with Crippen LogP contribution in [0.3, 0.4) is 0 Å². The van der Waals surface area contributed by atoms with Gasteiger partial charge in [0.05, 0.1) is 6.54 Å². The second-order valence-corrected chi connectivity index (χ2v) is 5.26. The third-order valence-corrected chi connectivity index (χ3v) is 4.05. The minimum atomic E-state index is 0.778. The number of hydroxylamine groups is 1. The van der Waals surface area contributed by atoms with Crippen LogP contribution in [0.5, 0.6) is 0 Å². The Balaban J connectivity index is 0.000000112. The largest absolute Gasteiger partial charge is 0.417 e. The zero-order chi connectivity index (χ0) is 10.6. The molecule has 0 bridgehead atoms. The second kappa shape index (κ2) is 10.2. The van der Waals surface area contributed by atoms with E-state index in [1.807, 2.05) is 29.6 Å². The molecule has 0 saturated carbocycles. The smallest absolute Gasteiger partial charge is 0.122 e. The van der Waals surface area contributed by atoms with Crippen molar-refractivity contribution in [3.8, 4) is 0 Å². The molecule has 15 heavy (non-hydrogen) atoms. The molecular weight excluding hydrogens is 232 g/mol. The van der Waals surface area contributed by atoms with E-state index < -0.39 is 0 Å². The molecule has 0 aliphatic carbocycles. The summed E-state index contributed by atoms with van der Waals surface area (Å²) in [6, 6.07) is 0. The Morgan fingerprint density at radius 2 is 2.13 bits per heavy atom. The number of nitrogens with zero attached hydrogens (tertiary/aromatic N) is 1. The molecule has 0 unspecified atom stereocenters. The van der Waals surface area contributed by atoms with Gasteiger partial charge in [-0.2, -0.15) is 29.0 Å². The van der Waals surface area contributed by atoms with Crippen molar-refractivity contribution >= 4 is 29.7 Å². The first kappa shape index (κ1) is 12.7. The van der Waals surface area contributed by atoms with Gasteiger partial charge in [0.15, 0.2) is 0 Å². The molecule has 3 aliphatic rings. The first-order chi connectivity index (χ1) is 7.50. The maximum absolute atomic E-state index is 4.51. The van der Waals surface area contributed by atoms with Crippen molar-refractivity contribution in [3.63, 3.8) is 0 Å². The van der Waals surface area contributed by atoms with Crippen molar-refractivity contribution in [3.05, 3.63) is 12.3 Å². The Kier molecular flexibility index (Phi) is 8.66. The number of thioether (sulfide) groups is 2. The lowest BCUT2D eigenvalue weighted by atomic mass is 10.5. The molecule has 6 heteroatoms. The van der Waals surface area contributed by atoms with E-state index in [4.69, 9.17) is 0 Å². The summed E-state index contributed by atoms with van der Waals surface area (Å²) in [6.07, 6.45) is 6.28. The quantitative estimate of drug-likeness (QED) is 0.708. The zero-order valence-electron chi connectivity index (χ0n) is 8.55. The molecular formula is C9H16N2O2S2. The van der Waals surface area contributed by atoms with E-state index in [9.17, 15) is 0 Å². The van der Waals surface area contributed by atoms with E-state index in [2.05, 4.69) is 20.3 Å². The summed E-state index contributed by atoms with van der Waals surface area (Å²) >= 11 is 4.07. The van der Waals surface area contributed by atoms with Gasteiger partial charge in [0.1, 0.15) is 12.9 Å². The molecule has 1 saturated heterocycles. The van der Waals surface area contributed by atoms with E-state index in [1.165, 1.54) is 16.6 Å². The van der Waals surface area contributed by atoms with E-state index in [-0.39, 0.29) is 0 Å². The molecule has 1 N–H and O–H groups in total. The fourth-order valence-electron chi connectivity index (χ4n) is 0.799. The normalized spacial score (nSPS) is 20.8. The molecule has 0 aromatic carbocycles. The van der Waals surface area contributed by atoms with Gasteiger partial charge < -0.3 is 9.68 Å². The molecule has 0 aromatic rings. The summed E-state index contributed by atoms with van der Waals surface area (Å²) in [6.45, 7) is 1.62. The van der Waals surface area contributed by atoms with Crippen LogP contribution >= 0.6 is 23.5 Å². The number of hydrogen-bond acceptors (Lipinski definition) is 6. The summed E-state index contributed by atoms with van der Waals surface area (Å²) in [4.78, 5) is 9.03. The van der Waals surface area contributed by atoms with Gasteiger partial charge in [-0.15, -0.1) is 0 Å². The van der Waals surface area contributed by atoms with Crippen LogP contribution < -0.4 is 5.48 Å². The molecule has 4 nitrogen and oxygen atoms in total. The number of oxime groups is 1. The highest BCUT2D eigenvalue weighted by Gasteiger charge is 1.95. The van der Waals surface area contributed by atoms with Crippen molar-refractivity contribution in [1.82, 2.24) is 5.48 Å². The average molecular weight is 248 g/mol. The average Bonchev–Trinajstić information content (AvgIpc) is 3.09. The van der Waals surface area contributed by atoms with Gasteiger partial charge in [-0.3, -0.25) is 0 Å². The molecule has 0 spiro atoms. The lowest BCUT2D eigenvalue weighted by molar-refractivity contribution is 0.168. The maximum Gasteiger partial charge on any atom is 0.122 e. The zero-order valence-corrected chi connectivity index (χ0v) is 10.2. The second-order valence-electron chi connectivity index (χ2n) is 2.68. The number of nitrogens with one attached hydrogen (secondary N) is 1. The van der Waals surface area contributed by atoms with Gasteiger partial charge in [-0.25, -0.2) is 0 Å². The van der Waals surface area contributed by atoms with Crippen LogP contribution in [0.4, 0.5) is 0 Å². The van der Waals surface area contributed by atoms with Gasteiger partial charge in [0, 0.05) is 29.2 Å². The maximum atomic E-state index is 4.51. The van der Waals surface area contributed by atoms with Crippen LogP contribution in [0.2, 0.25) is 0 Å². The van der Waals surface area contributed by atoms with Gasteiger partial charge >= 0.3 is 0 Å². The van der Waals surface area contributed by atoms with Gasteiger partial charge in [-0.05, 0) is 6.08 Å². The molecule has 0 atom stereocenters. The Morgan fingerprint density at radius 3 is 2.33 bits per heavy atom. The molecule has 1 fully saturated rings. The molecule has 0 amide bonds. The molecule has 3 aliphatic heterocycles. The first-order valence-corrected chi connectivity index (χ1v) is 7.14. The third-order valence-electron chi connectivity index (χ3n) is 1.47. The van der Waals surface area contributed by atoms with Gasteiger partial charge in [0.2, 0.25) is 0 Å². The molecule has 0 radical (unpaired) electrons. The highest BCUT2D eigenvalue weighted by molar-refractivity contribution is 8.19. The first-order valence-electron chi connectivity index (χ1n) is 4.83. The van der Waals surface area contributed by atoms with E-state index in [1.54, 1.807) is 12.5 Å². The Bertz CT molecular complexity index is 161. The van der Waals surface area contributed by atoms with Gasteiger partial charge in [0.25, 0.3) is 0 Å². The number of rotatable bonds is 0. The summed E-state index contributed by atoms with van der Waals surface area (Å²) in [7, 11) is 0. The Labute approximate surface area is 98.8 Å². The summed E-state index contributed by atoms with van der Waals surface area (Å²) in [5.41, 5.74) is 2.61. The van der Waals surface area contributed by atoms with E-state index in [0.29, 0.717) is 0 Å². The summed E-state index contributed by atoms with van der Waals surface area (Å²) in [5, 5.41) is 4.79. The topological polar surface area (TPSA) is 42.8 Å². The van der Waals surface area contributed by atoms with E-state index in [0.717, 1.165) is 19.6 Å². The Morgan fingerprint density at radius 1 is 1.27 bits per heavy atom. The molecule has 3 heterocycles. The van der Waals surface area contributed by atoms with Crippen molar-refractivity contribution in [2.45, 2.75) is 6.42 Å². The standard InChI is InChI=1S/2C3H5NO.C3H6S2/c2*1-2-4-5-3-1;1-2-5-3-4-1/h2H,1,3H2;1,3-4H,2H2;1-3H2. The molecule has 0 aromatic heterocycles. The van der Waals surface area contributed by atoms with Crippen molar-refractivity contribution < 1.29 is 9.68 Å². The molecule has 3 rings (SSSR count). The highest BCUT2D eigenvalue weighted by atomic mass is 32.2. The van der Waals surface area contributed by atoms with Crippen LogP contribution in [0, 0.1) is 0 Å². The number of hydrogen-bond donors (Lipinski definition) is 1. The summed E-state index contributed by atoms with van der Waals surface area (Å²) in [5.74, 6) is 2.76.